The normalized spacial score (nSPS) is 15.9. The molecule has 0 bridgehead atoms. The summed E-state index contributed by atoms with van der Waals surface area (Å²) in [6, 6.07) is 15.5. The molecular formula is C28H31N4O4S+. The summed E-state index contributed by atoms with van der Waals surface area (Å²) in [5, 5.41) is 3.65. The van der Waals surface area contributed by atoms with Crippen LogP contribution in [0.1, 0.15) is 36.1 Å². The number of hydrogen-bond acceptors (Lipinski definition) is 6. The number of aromatic nitrogens is 1. The lowest BCUT2D eigenvalue weighted by Crippen LogP contribution is -2.41. The summed E-state index contributed by atoms with van der Waals surface area (Å²) in [6.45, 7) is 7.92. The highest BCUT2D eigenvalue weighted by atomic mass is 32.1. The number of benzene rings is 2. The van der Waals surface area contributed by atoms with Crippen LogP contribution in [0.5, 0.6) is 11.5 Å². The quantitative estimate of drug-likeness (QED) is 0.232. The van der Waals surface area contributed by atoms with Gasteiger partial charge in [-0.25, -0.2) is 9.78 Å². The van der Waals surface area contributed by atoms with E-state index in [1.807, 2.05) is 75.6 Å². The van der Waals surface area contributed by atoms with E-state index in [-0.39, 0.29) is 6.61 Å². The Balaban J connectivity index is 1.58. The SMILES string of the molecule is CCOC(=O)COc1ccc2c(c1)C(NNC(=S)Nc1cc(C)ccc1C)=CC(C)(c1ccc[nH+]c1)O2. The summed E-state index contributed by atoms with van der Waals surface area (Å²) in [5.74, 6) is 0.730. The van der Waals surface area contributed by atoms with Gasteiger partial charge in [-0.15, -0.1) is 0 Å². The molecule has 2 aromatic carbocycles. The van der Waals surface area contributed by atoms with Crippen molar-refractivity contribution in [3.63, 3.8) is 0 Å². The van der Waals surface area contributed by atoms with Crippen LogP contribution < -0.4 is 30.6 Å². The maximum Gasteiger partial charge on any atom is 0.344 e. The molecule has 1 aliphatic rings. The van der Waals surface area contributed by atoms with Gasteiger partial charge in [0.15, 0.2) is 29.7 Å². The molecule has 9 heteroatoms. The fraction of sp³-hybridized carbons (Fsp3) is 0.250. The predicted molar refractivity (Wildman–Crippen MR) is 146 cm³/mol. The zero-order valence-corrected chi connectivity index (χ0v) is 22.1. The van der Waals surface area contributed by atoms with E-state index in [0.29, 0.717) is 23.2 Å². The minimum absolute atomic E-state index is 0.181. The van der Waals surface area contributed by atoms with Crippen LogP contribution in [0, 0.1) is 13.8 Å². The molecule has 8 nitrogen and oxygen atoms in total. The van der Waals surface area contributed by atoms with Gasteiger partial charge in [0.2, 0.25) is 0 Å². The van der Waals surface area contributed by atoms with Crippen LogP contribution in [0.2, 0.25) is 0 Å². The number of thiocarbonyl (C=S) groups is 1. The first-order valence-corrected chi connectivity index (χ1v) is 12.4. The van der Waals surface area contributed by atoms with Crippen molar-refractivity contribution in [2.75, 3.05) is 18.5 Å². The second kappa shape index (κ2) is 11.3. The molecule has 0 amide bonds. The third kappa shape index (κ3) is 6.37. The summed E-state index contributed by atoms with van der Waals surface area (Å²) in [5.41, 5.74) is 11.1. The topological polar surface area (TPSA) is 95.0 Å². The molecule has 4 rings (SSSR count). The molecule has 0 saturated heterocycles. The average molecular weight is 520 g/mol. The van der Waals surface area contributed by atoms with E-state index in [1.165, 1.54) is 0 Å². The maximum absolute atomic E-state index is 11.8. The van der Waals surface area contributed by atoms with Gasteiger partial charge in [-0.05, 0) is 87.4 Å². The number of aryl methyl sites for hydroxylation is 2. The summed E-state index contributed by atoms with van der Waals surface area (Å²) in [7, 11) is 0. The van der Waals surface area contributed by atoms with Crippen molar-refractivity contribution >= 4 is 34.7 Å². The standard InChI is InChI=1S/C28H30N4O4S/c1-5-34-26(33)17-35-21-10-11-25-22(14-21)24(15-28(4,36-25)20-7-6-12-29-16-20)31-32-27(37)30-23-13-18(2)8-9-19(23)3/h6-16,31H,5,17H2,1-4H3,(H2,30,32,37)/p+1. The number of hydrogen-bond donors (Lipinski definition) is 3. The Bertz CT molecular complexity index is 1330. The van der Waals surface area contributed by atoms with Gasteiger partial charge in [-0.1, -0.05) is 12.1 Å². The predicted octanol–water partition coefficient (Wildman–Crippen LogP) is 4.20. The van der Waals surface area contributed by atoms with E-state index in [0.717, 1.165) is 33.6 Å². The monoisotopic (exact) mass is 519 g/mol. The number of ether oxygens (including phenoxy) is 3. The molecule has 2 heterocycles. The molecule has 1 atom stereocenters. The number of H-pyrrole nitrogens is 1. The summed E-state index contributed by atoms with van der Waals surface area (Å²) in [4.78, 5) is 14.9. The summed E-state index contributed by atoms with van der Waals surface area (Å²) >= 11 is 5.55. The van der Waals surface area contributed by atoms with Crippen LogP contribution in [-0.2, 0) is 15.1 Å². The van der Waals surface area contributed by atoms with Gasteiger partial charge in [0.25, 0.3) is 0 Å². The Kier molecular flexibility index (Phi) is 7.93. The van der Waals surface area contributed by atoms with E-state index in [1.54, 1.807) is 13.0 Å². The fourth-order valence-electron chi connectivity index (χ4n) is 3.95. The fourth-order valence-corrected chi connectivity index (χ4v) is 4.11. The van der Waals surface area contributed by atoms with Crippen molar-refractivity contribution in [3.05, 3.63) is 89.3 Å². The van der Waals surface area contributed by atoms with Gasteiger partial charge in [0.1, 0.15) is 11.5 Å². The van der Waals surface area contributed by atoms with E-state index in [2.05, 4.69) is 27.2 Å². The van der Waals surface area contributed by atoms with Crippen molar-refractivity contribution in [2.24, 2.45) is 0 Å². The van der Waals surface area contributed by atoms with Crippen molar-refractivity contribution in [3.8, 4) is 11.5 Å². The molecule has 1 aromatic heterocycles. The lowest BCUT2D eigenvalue weighted by atomic mass is 9.91. The number of esters is 1. The highest BCUT2D eigenvalue weighted by Gasteiger charge is 2.34. The molecule has 1 aliphatic heterocycles. The number of fused-ring (bicyclic) bond motifs is 1. The minimum atomic E-state index is -0.760. The van der Waals surface area contributed by atoms with Crippen LogP contribution in [-0.4, -0.2) is 24.3 Å². The molecule has 192 valence electrons. The van der Waals surface area contributed by atoms with E-state index in [9.17, 15) is 4.79 Å². The molecule has 3 aromatic rings. The summed E-state index contributed by atoms with van der Waals surface area (Å²) < 4.78 is 17.0. The second-order valence-corrected chi connectivity index (χ2v) is 9.24. The van der Waals surface area contributed by atoms with Crippen molar-refractivity contribution in [1.82, 2.24) is 10.9 Å². The Morgan fingerprint density at radius 3 is 2.76 bits per heavy atom. The highest BCUT2D eigenvalue weighted by Crippen LogP contribution is 2.41. The first-order chi connectivity index (χ1) is 17.8. The molecule has 0 radical (unpaired) electrons. The molecule has 0 spiro atoms. The summed E-state index contributed by atoms with van der Waals surface area (Å²) in [6.07, 6.45) is 5.72. The zero-order chi connectivity index (χ0) is 26.4. The van der Waals surface area contributed by atoms with E-state index >= 15 is 0 Å². The van der Waals surface area contributed by atoms with Crippen molar-refractivity contribution < 1.29 is 24.0 Å². The van der Waals surface area contributed by atoms with Gasteiger partial charge < -0.3 is 19.5 Å². The third-order valence-corrected chi connectivity index (χ3v) is 6.08. The maximum atomic E-state index is 11.8. The van der Waals surface area contributed by atoms with Crippen LogP contribution in [0.25, 0.3) is 5.70 Å². The van der Waals surface area contributed by atoms with Gasteiger partial charge in [-0.3, -0.25) is 10.9 Å². The molecule has 4 N–H and O–H groups in total. The molecule has 1 unspecified atom stereocenters. The first kappa shape index (κ1) is 26.0. The molecular weight excluding hydrogens is 488 g/mol. The number of hydrazine groups is 1. The zero-order valence-electron chi connectivity index (χ0n) is 21.3. The molecule has 0 saturated carbocycles. The number of carbonyl (C=O) groups is 1. The van der Waals surface area contributed by atoms with E-state index < -0.39 is 11.6 Å². The van der Waals surface area contributed by atoms with Gasteiger partial charge in [0.05, 0.1) is 17.9 Å². The number of anilines is 1. The average Bonchev–Trinajstić information content (AvgIpc) is 2.89. The number of rotatable bonds is 8. The highest BCUT2D eigenvalue weighted by molar-refractivity contribution is 7.80. The third-order valence-electron chi connectivity index (χ3n) is 5.88. The van der Waals surface area contributed by atoms with Crippen LogP contribution in [0.4, 0.5) is 5.69 Å². The smallest absolute Gasteiger partial charge is 0.344 e. The molecule has 0 fully saturated rings. The number of aromatic amines is 1. The Hall–Kier alpha value is -4.11. The van der Waals surface area contributed by atoms with Crippen LogP contribution in [0.15, 0.2) is 67.0 Å². The number of nitrogens with one attached hydrogen (secondary N) is 4. The van der Waals surface area contributed by atoms with Crippen molar-refractivity contribution in [2.45, 2.75) is 33.3 Å². The lowest BCUT2D eigenvalue weighted by Gasteiger charge is -2.34. The number of pyridine rings is 1. The minimum Gasteiger partial charge on any atom is -0.482 e. The van der Waals surface area contributed by atoms with Gasteiger partial charge >= 0.3 is 5.97 Å². The van der Waals surface area contributed by atoms with Gasteiger partial charge in [-0.2, -0.15) is 0 Å². The van der Waals surface area contributed by atoms with Crippen LogP contribution >= 0.6 is 12.2 Å². The Morgan fingerprint density at radius 1 is 1.16 bits per heavy atom. The first-order valence-electron chi connectivity index (χ1n) is 12.0. The lowest BCUT2D eigenvalue weighted by molar-refractivity contribution is -0.379. The van der Waals surface area contributed by atoms with Crippen molar-refractivity contribution in [1.29, 1.82) is 0 Å². The molecule has 0 aliphatic carbocycles. The Labute approximate surface area is 222 Å². The largest absolute Gasteiger partial charge is 0.482 e. The molecule has 37 heavy (non-hydrogen) atoms. The Morgan fingerprint density at radius 2 is 2.00 bits per heavy atom. The number of carbonyl (C=O) groups excluding carboxylic acids is 1. The second-order valence-electron chi connectivity index (χ2n) is 8.83. The van der Waals surface area contributed by atoms with Gasteiger partial charge in [0, 0.05) is 17.3 Å². The van der Waals surface area contributed by atoms with Crippen LogP contribution in [0.3, 0.4) is 0 Å². The van der Waals surface area contributed by atoms with E-state index in [4.69, 9.17) is 26.4 Å².